The number of rotatable bonds is 7. The minimum Gasteiger partial charge on any atom is -0.393 e. The van der Waals surface area contributed by atoms with E-state index in [1.807, 2.05) is 35.4 Å². The fourth-order valence-electron chi connectivity index (χ4n) is 5.87. The van der Waals surface area contributed by atoms with E-state index >= 15 is 0 Å². The molecule has 0 bridgehead atoms. The van der Waals surface area contributed by atoms with Crippen LogP contribution in [-0.4, -0.2) is 67.1 Å². The minimum absolute atomic E-state index is 0.240. The Morgan fingerprint density at radius 2 is 1.85 bits per heavy atom. The molecule has 2 saturated heterocycles. The molecular weight excluding hydrogens is 490 g/mol. The van der Waals surface area contributed by atoms with Crippen molar-refractivity contribution in [3.05, 3.63) is 48.7 Å². The largest absolute Gasteiger partial charge is 0.393 e. The Hall–Kier alpha value is -3.63. The lowest BCUT2D eigenvalue weighted by Gasteiger charge is -2.31. The smallest absolute Gasteiger partial charge is 0.162 e. The molecule has 4 aromatic rings. The summed E-state index contributed by atoms with van der Waals surface area (Å²) in [7, 11) is 0. The van der Waals surface area contributed by atoms with Crippen LogP contribution in [0.15, 0.2) is 43.1 Å². The maximum Gasteiger partial charge on any atom is 0.162 e. The Labute approximate surface area is 227 Å². The average molecular weight is 526 g/mol. The van der Waals surface area contributed by atoms with Crippen LogP contribution in [-0.2, 0) is 6.54 Å². The molecular formula is C29H35N9O. The van der Waals surface area contributed by atoms with Crippen molar-refractivity contribution in [1.29, 1.82) is 0 Å². The first kappa shape index (κ1) is 24.4. The topological polar surface area (TPSA) is 117 Å². The van der Waals surface area contributed by atoms with Crippen molar-refractivity contribution < 1.29 is 5.11 Å². The van der Waals surface area contributed by atoms with E-state index in [-0.39, 0.29) is 6.10 Å². The Morgan fingerprint density at radius 1 is 1.00 bits per heavy atom. The van der Waals surface area contributed by atoms with E-state index < -0.39 is 0 Å². The highest BCUT2D eigenvalue weighted by atomic mass is 16.3. The Bertz CT molecular complexity index is 1450. The molecule has 0 amide bonds. The van der Waals surface area contributed by atoms with E-state index in [2.05, 4.69) is 36.8 Å². The highest BCUT2D eigenvalue weighted by Crippen LogP contribution is 2.45. The van der Waals surface area contributed by atoms with Crippen LogP contribution in [0.2, 0.25) is 0 Å². The van der Waals surface area contributed by atoms with Gasteiger partial charge in [0.05, 0.1) is 29.7 Å². The third kappa shape index (κ3) is 5.31. The van der Waals surface area contributed by atoms with Crippen LogP contribution >= 0.6 is 0 Å². The first-order valence-electron chi connectivity index (χ1n) is 14.2. The highest BCUT2D eigenvalue weighted by Gasteiger charge is 2.30. The zero-order valence-corrected chi connectivity index (χ0v) is 22.1. The lowest BCUT2D eigenvalue weighted by atomic mass is 9.98. The van der Waals surface area contributed by atoms with Crippen molar-refractivity contribution in [3.8, 4) is 11.4 Å². The van der Waals surface area contributed by atoms with Gasteiger partial charge in [-0.3, -0.25) is 9.67 Å². The van der Waals surface area contributed by atoms with Crippen LogP contribution in [0.5, 0.6) is 0 Å². The zero-order valence-electron chi connectivity index (χ0n) is 22.1. The number of aromatic nitrogens is 6. The molecule has 7 rings (SSSR count). The summed E-state index contributed by atoms with van der Waals surface area (Å²) in [6.07, 6.45) is 15.6. The van der Waals surface area contributed by atoms with Crippen molar-refractivity contribution in [2.45, 2.75) is 57.1 Å². The van der Waals surface area contributed by atoms with Crippen molar-refractivity contribution >= 4 is 28.2 Å². The number of fused-ring (bicyclic) bond motifs is 1. The molecule has 0 unspecified atom stereocenters. The molecule has 6 heterocycles. The second kappa shape index (κ2) is 10.5. The number of pyridine rings is 2. The normalized spacial score (nSPS) is 19.1. The lowest BCUT2D eigenvalue weighted by molar-refractivity contribution is 0.145. The second-order valence-electron chi connectivity index (χ2n) is 11.2. The van der Waals surface area contributed by atoms with E-state index in [9.17, 15) is 5.11 Å². The van der Waals surface area contributed by atoms with Crippen molar-refractivity contribution in [1.82, 2.24) is 35.0 Å². The first-order valence-corrected chi connectivity index (χ1v) is 14.2. The highest BCUT2D eigenvalue weighted by molar-refractivity contribution is 5.94. The summed E-state index contributed by atoms with van der Waals surface area (Å²) in [5, 5.41) is 22.6. The third-order valence-corrected chi connectivity index (χ3v) is 8.23. The van der Waals surface area contributed by atoms with Gasteiger partial charge in [-0.2, -0.15) is 5.10 Å². The number of hydrogen-bond acceptors (Lipinski definition) is 9. The van der Waals surface area contributed by atoms with Gasteiger partial charge in [-0.05, 0) is 81.1 Å². The standard InChI is InChI=1S/C29H35N9O/c39-23-6-11-37(12-7-23)29-27-24(20-1-2-20)15-31-16-25(27)35-28(36-29)21-5-10-32-26(13-21)34-22-14-33-38(18-22)17-19-3-8-30-9-4-19/h5,10,13-16,18-20,23,30,39H,1-4,6-9,11-12,17H2,(H,32,34). The molecule has 1 saturated carbocycles. The predicted molar refractivity (Wildman–Crippen MR) is 151 cm³/mol. The van der Waals surface area contributed by atoms with Crippen molar-refractivity contribution in [2.24, 2.45) is 5.92 Å². The molecule has 39 heavy (non-hydrogen) atoms. The number of hydrogen-bond donors (Lipinski definition) is 3. The lowest BCUT2D eigenvalue weighted by Crippen LogP contribution is -2.36. The van der Waals surface area contributed by atoms with Crippen LogP contribution < -0.4 is 15.5 Å². The van der Waals surface area contributed by atoms with Gasteiger partial charge in [-0.1, -0.05) is 0 Å². The number of nitrogens with one attached hydrogen (secondary N) is 2. The molecule has 3 fully saturated rings. The van der Waals surface area contributed by atoms with Crippen LogP contribution in [0.1, 0.15) is 50.0 Å². The summed E-state index contributed by atoms with van der Waals surface area (Å²) < 4.78 is 2.03. The van der Waals surface area contributed by atoms with Gasteiger partial charge >= 0.3 is 0 Å². The Kier molecular flexibility index (Phi) is 6.57. The van der Waals surface area contributed by atoms with E-state index in [1.165, 1.54) is 31.2 Å². The summed E-state index contributed by atoms with van der Waals surface area (Å²) in [5.74, 6) is 3.54. The van der Waals surface area contributed by atoms with E-state index in [4.69, 9.17) is 9.97 Å². The number of nitrogens with zero attached hydrogens (tertiary/aromatic N) is 7. The van der Waals surface area contributed by atoms with E-state index in [0.29, 0.717) is 17.7 Å². The van der Waals surface area contributed by atoms with Gasteiger partial charge in [0.1, 0.15) is 11.6 Å². The summed E-state index contributed by atoms with van der Waals surface area (Å²) in [4.78, 5) is 21.5. The molecule has 202 valence electrons. The molecule has 0 radical (unpaired) electrons. The summed E-state index contributed by atoms with van der Waals surface area (Å²) >= 11 is 0. The van der Waals surface area contributed by atoms with Crippen molar-refractivity contribution in [2.75, 3.05) is 36.4 Å². The van der Waals surface area contributed by atoms with Crippen LogP contribution in [0.3, 0.4) is 0 Å². The molecule has 4 aromatic heterocycles. The Morgan fingerprint density at radius 3 is 2.67 bits per heavy atom. The zero-order chi connectivity index (χ0) is 26.2. The van der Waals surface area contributed by atoms with Crippen LogP contribution in [0, 0.1) is 5.92 Å². The van der Waals surface area contributed by atoms with Gasteiger partial charge < -0.3 is 20.6 Å². The summed E-state index contributed by atoms with van der Waals surface area (Å²) in [6.45, 7) is 4.68. The van der Waals surface area contributed by atoms with Crippen LogP contribution in [0.4, 0.5) is 17.3 Å². The van der Waals surface area contributed by atoms with Gasteiger partial charge in [0, 0.05) is 49.2 Å². The third-order valence-electron chi connectivity index (χ3n) is 8.23. The van der Waals surface area contributed by atoms with Gasteiger partial charge in [0.15, 0.2) is 5.82 Å². The van der Waals surface area contributed by atoms with E-state index in [1.54, 1.807) is 6.20 Å². The second-order valence-corrected chi connectivity index (χ2v) is 11.2. The predicted octanol–water partition coefficient (Wildman–Crippen LogP) is 3.87. The van der Waals surface area contributed by atoms with Crippen LogP contribution in [0.25, 0.3) is 22.3 Å². The fourth-order valence-corrected chi connectivity index (χ4v) is 5.87. The average Bonchev–Trinajstić information content (AvgIpc) is 3.73. The number of aliphatic hydroxyl groups is 1. The molecule has 0 spiro atoms. The van der Waals surface area contributed by atoms with Gasteiger partial charge in [-0.25, -0.2) is 15.0 Å². The van der Waals surface area contributed by atoms with E-state index in [0.717, 1.165) is 79.4 Å². The van der Waals surface area contributed by atoms with Crippen molar-refractivity contribution in [3.63, 3.8) is 0 Å². The first-order chi connectivity index (χ1) is 19.2. The molecule has 2 aliphatic heterocycles. The van der Waals surface area contributed by atoms with Gasteiger partial charge in [0.2, 0.25) is 0 Å². The fraction of sp³-hybridized carbons (Fsp3) is 0.483. The SMILES string of the molecule is OC1CCN(c2nc(-c3ccnc(Nc4cnn(CC5CCNCC5)c4)c3)nc3cncc(C4CC4)c23)CC1. The number of piperidine rings is 2. The molecule has 10 nitrogen and oxygen atoms in total. The molecule has 3 aliphatic rings. The maximum atomic E-state index is 10.1. The van der Waals surface area contributed by atoms with Gasteiger partial charge in [-0.15, -0.1) is 0 Å². The Balaban J connectivity index is 1.18. The quantitative estimate of drug-likeness (QED) is 0.331. The molecule has 1 aliphatic carbocycles. The molecule has 3 N–H and O–H groups in total. The monoisotopic (exact) mass is 525 g/mol. The van der Waals surface area contributed by atoms with Gasteiger partial charge in [0.25, 0.3) is 0 Å². The molecule has 10 heteroatoms. The molecule has 0 aromatic carbocycles. The number of anilines is 3. The molecule has 0 atom stereocenters. The number of aliphatic hydroxyl groups excluding tert-OH is 1. The minimum atomic E-state index is -0.240. The summed E-state index contributed by atoms with van der Waals surface area (Å²) in [6, 6.07) is 3.95. The summed E-state index contributed by atoms with van der Waals surface area (Å²) in [5.41, 5.74) is 3.93. The maximum absolute atomic E-state index is 10.1.